The summed E-state index contributed by atoms with van der Waals surface area (Å²) < 4.78 is 0. The van der Waals surface area contributed by atoms with Crippen molar-refractivity contribution >= 4 is 52.4 Å². The summed E-state index contributed by atoms with van der Waals surface area (Å²) in [6, 6.07) is 18.3. The van der Waals surface area contributed by atoms with Gasteiger partial charge in [-0.2, -0.15) is 0 Å². The van der Waals surface area contributed by atoms with Crippen LogP contribution < -0.4 is 10.6 Å². The maximum atomic E-state index is 6.18. The largest absolute Gasteiger partial charge is 0.357 e. The van der Waals surface area contributed by atoms with Gasteiger partial charge in [-0.05, 0) is 35.6 Å². The average Bonchev–Trinajstić information content (AvgIpc) is 3.02. The highest BCUT2D eigenvalue weighted by molar-refractivity contribution is 14.0. The van der Waals surface area contributed by atoms with E-state index in [-0.39, 0.29) is 24.0 Å². The number of aromatic amines is 1. The van der Waals surface area contributed by atoms with Crippen molar-refractivity contribution in [3.8, 4) is 0 Å². The predicted octanol–water partition coefficient (Wildman–Crippen LogP) is 4.35. The number of hydrogen-bond donors (Lipinski definition) is 3. The van der Waals surface area contributed by atoms with Crippen molar-refractivity contribution in [3.05, 3.63) is 70.9 Å². The van der Waals surface area contributed by atoms with E-state index in [2.05, 4.69) is 38.8 Å². The van der Waals surface area contributed by atoms with E-state index in [0.29, 0.717) is 6.54 Å². The van der Waals surface area contributed by atoms with E-state index >= 15 is 0 Å². The molecule has 6 heteroatoms. The highest BCUT2D eigenvalue weighted by atomic mass is 127. The van der Waals surface area contributed by atoms with Crippen molar-refractivity contribution in [2.24, 2.45) is 4.99 Å². The summed E-state index contributed by atoms with van der Waals surface area (Å²) in [5.41, 5.74) is 3.42. The Bertz CT molecular complexity index is 811. The standard InChI is InChI=1S/C19H21ClN4.HI/c1-21-19(22-11-10-14-6-2-4-8-17(14)20)23-13-16-12-15-7-3-5-9-18(15)24-16;/h2-9,12,24H,10-11,13H2,1H3,(H2,21,22,23);1H. The fourth-order valence-corrected chi connectivity index (χ4v) is 2.88. The van der Waals surface area contributed by atoms with Crippen molar-refractivity contribution < 1.29 is 0 Å². The van der Waals surface area contributed by atoms with Gasteiger partial charge < -0.3 is 15.6 Å². The number of nitrogens with zero attached hydrogens (tertiary/aromatic N) is 1. The molecule has 0 unspecified atom stereocenters. The lowest BCUT2D eigenvalue weighted by molar-refractivity contribution is 0.787. The monoisotopic (exact) mass is 468 g/mol. The fourth-order valence-electron chi connectivity index (χ4n) is 2.64. The van der Waals surface area contributed by atoms with Gasteiger partial charge in [0, 0.05) is 29.8 Å². The van der Waals surface area contributed by atoms with Gasteiger partial charge in [-0.15, -0.1) is 24.0 Å². The molecule has 0 bridgehead atoms. The summed E-state index contributed by atoms with van der Waals surface area (Å²) >= 11 is 6.18. The Hall–Kier alpha value is -1.73. The molecule has 1 aromatic heterocycles. The van der Waals surface area contributed by atoms with Gasteiger partial charge in [-0.25, -0.2) is 0 Å². The third-order valence-corrected chi connectivity index (χ3v) is 4.27. The number of hydrogen-bond acceptors (Lipinski definition) is 1. The van der Waals surface area contributed by atoms with Crippen molar-refractivity contribution in [3.63, 3.8) is 0 Å². The van der Waals surface area contributed by atoms with Crippen LogP contribution in [0.25, 0.3) is 10.9 Å². The number of nitrogens with one attached hydrogen (secondary N) is 3. The van der Waals surface area contributed by atoms with Gasteiger partial charge in [0.05, 0.1) is 6.54 Å². The minimum Gasteiger partial charge on any atom is -0.357 e. The number of aromatic nitrogens is 1. The van der Waals surface area contributed by atoms with Gasteiger partial charge in [0.2, 0.25) is 0 Å². The van der Waals surface area contributed by atoms with Gasteiger partial charge in [-0.3, -0.25) is 4.99 Å². The van der Waals surface area contributed by atoms with E-state index in [1.165, 1.54) is 5.39 Å². The first-order chi connectivity index (χ1) is 11.8. The number of halogens is 2. The molecule has 0 amide bonds. The molecule has 0 aliphatic carbocycles. The first-order valence-electron chi connectivity index (χ1n) is 8.01. The van der Waals surface area contributed by atoms with Crippen LogP contribution in [0.4, 0.5) is 0 Å². The molecule has 3 aromatic rings. The lowest BCUT2D eigenvalue weighted by atomic mass is 10.1. The van der Waals surface area contributed by atoms with Crippen molar-refractivity contribution in [2.45, 2.75) is 13.0 Å². The van der Waals surface area contributed by atoms with Gasteiger partial charge in [0.1, 0.15) is 0 Å². The van der Waals surface area contributed by atoms with E-state index in [4.69, 9.17) is 11.6 Å². The first-order valence-corrected chi connectivity index (χ1v) is 8.38. The second-order valence-corrected chi connectivity index (χ2v) is 5.98. The molecule has 0 aliphatic rings. The van der Waals surface area contributed by atoms with Crippen molar-refractivity contribution in [1.82, 2.24) is 15.6 Å². The fraction of sp³-hybridized carbons (Fsp3) is 0.211. The maximum Gasteiger partial charge on any atom is 0.191 e. The molecule has 2 aromatic carbocycles. The smallest absolute Gasteiger partial charge is 0.191 e. The molecule has 0 spiro atoms. The third kappa shape index (κ3) is 5.37. The number of benzene rings is 2. The summed E-state index contributed by atoms with van der Waals surface area (Å²) in [6.07, 6.45) is 0.854. The Balaban J connectivity index is 0.00000225. The SMILES string of the molecule is CN=C(NCCc1ccccc1Cl)NCc1cc2ccccc2[nH]1.I. The van der Waals surface area contributed by atoms with Crippen LogP contribution in [0, 0.1) is 0 Å². The van der Waals surface area contributed by atoms with E-state index in [1.54, 1.807) is 7.05 Å². The number of rotatable bonds is 5. The summed E-state index contributed by atoms with van der Waals surface area (Å²) in [5.74, 6) is 0.778. The zero-order valence-corrected chi connectivity index (χ0v) is 17.1. The Morgan fingerprint density at radius 2 is 1.84 bits per heavy atom. The third-order valence-electron chi connectivity index (χ3n) is 3.90. The van der Waals surface area contributed by atoms with Gasteiger partial charge in [-0.1, -0.05) is 48.0 Å². The van der Waals surface area contributed by atoms with Crippen LogP contribution in [-0.4, -0.2) is 24.5 Å². The molecule has 0 saturated heterocycles. The number of H-pyrrole nitrogens is 1. The van der Waals surface area contributed by atoms with Crippen LogP contribution in [0.2, 0.25) is 5.02 Å². The van der Waals surface area contributed by atoms with Crippen LogP contribution in [-0.2, 0) is 13.0 Å². The minimum atomic E-state index is 0. The molecule has 25 heavy (non-hydrogen) atoms. The lowest BCUT2D eigenvalue weighted by Gasteiger charge is -2.11. The van der Waals surface area contributed by atoms with E-state index in [0.717, 1.165) is 40.7 Å². The highest BCUT2D eigenvalue weighted by Gasteiger charge is 2.03. The molecular formula is C19H22ClIN4. The molecule has 3 rings (SSSR count). The summed E-state index contributed by atoms with van der Waals surface area (Å²) in [5, 5.41) is 8.66. The van der Waals surface area contributed by atoms with Gasteiger partial charge in [0.25, 0.3) is 0 Å². The quantitative estimate of drug-likeness (QED) is 0.296. The second-order valence-electron chi connectivity index (χ2n) is 5.58. The first kappa shape index (κ1) is 19.6. The van der Waals surface area contributed by atoms with Gasteiger partial charge in [0.15, 0.2) is 5.96 Å². The summed E-state index contributed by atoms with van der Waals surface area (Å²) in [7, 11) is 1.77. The molecular weight excluding hydrogens is 447 g/mol. The molecule has 132 valence electrons. The molecule has 0 fully saturated rings. The number of para-hydroxylation sites is 1. The van der Waals surface area contributed by atoms with E-state index < -0.39 is 0 Å². The van der Waals surface area contributed by atoms with Crippen LogP contribution in [0.3, 0.4) is 0 Å². The minimum absolute atomic E-state index is 0. The van der Waals surface area contributed by atoms with Crippen LogP contribution in [0.1, 0.15) is 11.3 Å². The summed E-state index contributed by atoms with van der Waals surface area (Å²) in [6.45, 7) is 1.47. The lowest BCUT2D eigenvalue weighted by Crippen LogP contribution is -2.37. The zero-order chi connectivity index (χ0) is 16.8. The molecule has 0 saturated carbocycles. The van der Waals surface area contributed by atoms with Crippen LogP contribution >= 0.6 is 35.6 Å². The van der Waals surface area contributed by atoms with Crippen LogP contribution in [0.5, 0.6) is 0 Å². The molecule has 0 radical (unpaired) electrons. The number of aliphatic imine (C=N–C) groups is 1. The average molecular weight is 469 g/mol. The molecule has 0 atom stereocenters. The Labute approximate surface area is 170 Å². The molecule has 3 N–H and O–H groups in total. The van der Waals surface area contributed by atoms with Gasteiger partial charge >= 0.3 is 0 Å². The van der Waals surface area contributed by atoms with Crippen molar-refractivity contribution in [2.75, 3.05) is 13.6 Å². The highest BCUT2D eigenvalue weighted by Crippen LogP contribution is 2.15. The topological polar surface area (TPSA) is 52.2 Å². The maximum absolute atomic E-state index is 6.18. The normalized spacial score (nSPS) is 11.2. The molecule has 0 aliphatic heterocycles. The second kappa shape index (κ2) is 9.68. The molecule has 4 nitrogen and oxygen atoms in total. The predicted molar refractivity (Wildman–Crippen MR) is 117 cm³/mol. The van der Waals surface area contributed by atoms with Crippen LogP contribution in [0.15, 0.2) is 59.6 Å². The number of fused-ring (bicyclic) bond motifs is 1. The van der Waals surface area contributed by atoms with E-state index in [9.17, 15) is 0 Å². The number of guanidine groups is 1. The Kier molecular flexibility index (Phi) is 7.58. The summed E-state index contributed by atoms with van der Waals surface area (Å²) in [4.78, 5) is 7.66. The zero-order valence-electron chi connectivity index (χ0n) is 14.1. The Morgan fingerprint density at radius 3 is 2.60 bits per heavy atom. The van der Waals surface area contributed by atoms with E-state index in [1.807, 2.05) is 36.4 Å². The molecule has 1 heterocycles. The Morgan fingerprint density at radius 1 is 1.08 bits per heavy atom. The van der Waals surface area contributed by atoms with Crippen molar-refractivity contribution in [1.29, 1.82) is 0 Å².